The summed E-state index contributed by atoms with van der Waals surface area (Å²) < 4.78 is 5.50. The fourth-order valence-corrected chi connectivity index (χ4v) is 5.27. The van der Waals surface area contributed by atoms with Gasteiger partial charge in [-0.25, -0.2) is 0 Å². The lowest BCUT2D eigenvalue weighted by atomic mass is 10.0. The van der Waals surface area contributed by atoms with Crippen molar-refractivity contribution in [1.29, 1.82) is 0 Å². The van der Waals surface area contributed by atoms with Crippen molar-refractivity contribution in [3.8, 4) is 0 Å². The van der Waals surface area contributed by atoms with Crippen LogP contribution in [-0.2, 0) is 14.3 Å². The van der Waals surface area contributed by atoms with E-state index >= 15 is 0 Å². The first-order chi connectivity index (χ1) is 18.0. The molecular formula is C31H61N3O3. The minimum atomic E-state index is -0.0867. The topological polar surface area (TPSA) is 61.9 Å². The molecule has 0 saturated carbocycles. The minimum absolute atomic E-state index is 0.0812. The largest absolute Gasteiger partial charge is 0.464 e. The Labute approximate surface area is 229 Å². The molecule has 0 aromatic heterocycles. The smallest absolute Gasteiger partial charge is 0.305 e. The van der Waals surface area contributed by atoms with Crippen molar-refractivity contribution in [2.45, 2.75) is 141 Å². The molecule has 37 heavy (non-hydrogen) atoms. The monoisotopic (exact) mass is 523 g/mol. The van der Waals surface area contributed by atoms with Crippen molar-refractivity contribution >= 4 is 11.9 Å². The molecule has 0 aromatic rings. The van der Waals surface area contributed by atoms with E-state index in [9.17, 15) is 9.59 Å². The summed E-state index contributed by atoms with van der Waals surface area (Å²) >= 11 is 0. The van der Waals surface area contributed by atoms with Gasteiger partial charge in [0.1, 0.15) is 6.61 Å². The lowest BCUT2D eigenvalue weighted by Crippen LogP contribution is -2.50. The minimum Gasteiger partial charge on any atom is -0.464 e. The van der Waals surface area contributed by atoms with Crippen LogP contribution in [0.2, 0.25) is 0 Å². The number of ether oxygens (including phenoxy) is 1. The van der Waals surface area contributed by atoms with Crippen LogP contribution in [0.1, 0.15) is 135 Å². The Morgan fingerprint density at radius 3 is 1.95 bits per heavy atom. The van der Waals surface area contributed by atoms with Gasteiger partial charge >= 0.3 is 5.97 Å². The summed E-state index contributed by atoms with van der Waals surface area (Å²) in [7, 11) is 4.10. The van der Waals surface area contributed by atoms with Gasteiger partial charge in [-0.2, -0.15) is 0 Å². The Morgan fingerprint density at radius 2 is 1.38 bits per heavy atom. The highest BCUT2D eigenvalue weighted by molar-refractivity contribution is 5.81. The molecule has 1 unspecified atom stereocenters. The third kappa shape index (κ3) is 19.6. The molecule has 1 atom stereocenters. The van der Waals surface area contributed by atoms with Crippen molar-refractivity contribution in [3.63, 3.8) is 0 Å². The van der Waals surface area contributed by atoms with Gasteiger partial charge in [0.05, 0.1) is 6.04 Å². The second-order valence-electron chi connectivity index (χ2n) is 11.4. The Kier molecular flexibility index (Phi) is 21.9. The third-order valence-electron chi connectivity index (χ3n) is 7.62. The molecule has 0 radical (unpaired) electrons. The normalized spacial score (nSPS) is 16.3. The SMILES string of the molecule is CCCCCCCCCCCCCCCCCC(=O)OCCN1CCCCC1C(=O)NCCCN(C)C. The summed E-state index contributed by atoms with van der Waals surface area (Å²) in [5.74, 6) is 0.0407. The van der Waals surface area contributed by atoms with E-state index in [4.69, 9.17) is 4.74 Å². The molecule has 1 aliphatic rings. The highest BCUT2D eigenvalue weighted by atomic mass is 16.5. The molecule has 6 heteroatoms. The van der Waals surface area contributed by atoms with Gasteiger partial charge in [-0.15, -0.1) is 0 Å². The van der Waals surface area contributed by atoms with Crippen LogP contribution in [0, 0.1) is 0 Å². The first-order valence-electron chi connectivity index (χ1n) is 15.9. The van der Waals surface area contributed by atoms with Crippen LogP contribution in [0.3, 0.4) is 0 Å². The van der Waals surface area contributed by atoms with E-state index in [0.29, 0.717) is 19.6 Å². The summed E-state index contributed by atoms with van der Waals surface area (Å²) in [5, 5.41) is 3.09. The first-order valence-corrected chi connectivity index (χ1v) is 15.9. The summed E-state index contributed by atoms with van der Waals surface area (Å²) in [6, 6.07) is -0.0812. The number of nitrogens with zero attached hydrogens (tertiary/aromatic N) is 2. The van der Waals surface area contributed by atoms with Crippen molar-refractivity contribution < 1.29 is 14.3 Å². The average molecular weight is 524 g/mol. The highest BCUT2D eigenvalue weighted by Gasteiger charge is 2.28. The molecule has 6 nitrogen and oxygen atoms in total. The molecular weight excluding hydrogens is 462 g/mol. The predicted molar refractivity (Wildman–Crippen MR) is 156 cm³/mol. The van der Waals surface area contributed by atoms with Crippen LogP contribution < -0.4 is 5.32 Å². The molecule has 1 N–H and O–H groups in total. The summed E-state index contributed by atoms with van der Waals surface area (Å²) in [5.41, 5.74) is 0. The standard InChI is InChI=1S/C31H61N3O3/c1-4-5-6-7-8-9-10-11-12-13-14-15-16-17-18-23-30(35)37-28-27-34-26-20-19-22-29(34)31(36)32-24-21-25-33(2)3/h29H,4-28H2,1-3H3,(H,32,36). The molecule has 0 spiro atoms. The zero-order valence-electron chi connectivity index (χ0n) is 24.9. The lowest BCUT2D eigenvalue weighted by molar-refractivity contribution is -0.144. The average Bonchev–Trinajstić information content (AvgIpc) is 2.89. The Balaban J connectivity index is 1.97. The van der Waals surface area contributed by atoms with Crippen LogP contribution in [0.25, 0.3) is 0 Å². The van der Waals surface area contributed by atoms with E-state index in [0.717, 1.165) is 58.2 Å². The number of hydrogen-bond acceptors (Lipinski definition) is 5. The van der Waals surface area contributed by atoms with Crippen LogP contribution in [0.5, 0.6) is 0 Å². The second kappa shape index (κ2) is 23.9. The van der Waals surface area contributed by atoms with Gasteiger partial charge in [0, 0.05) is 19.5 Å². The summed E-state index contributed by atoms with van der Waals surface area (Å²) in [6.45, 7) is 5.93. The molecule has 1 heterocycles. The fraction of sp³-hybridized carbons (Fsp3) is 0.935. The van der Waals surface area contributed by atoms with E-state index in [-0.39, 0.29) is 17.9 Å². The molecule has 1 amide bonds. The molecule has 0 aromatic carbocycles. The van der Waals surface area contributed by atoms with E-state index in [1.54, 1.807) is 0 Å². The van der Waals surface area contributed by atoms with Gasteiger partial charge in [-0.05, 0) is 52.9 Å². The second-order valence-corrected chi connectivity index (χ2v) is 11.4. The van der Waals surface area contributed by atoms with Gasteiger partial charge in [-0.1, -0.05) is 103 Å². The van der Waals surface area contributed by atoms with Crippen LogP contribution in [0.15, 0.2) is 0 Å². The zero-order chi connectivity index (χ0) is 27.0. The van der Waals surface area contributed by atoms with Crippen molar-refractivity contribution in [2.75, 3.05) is 46.9 Å². The highest BCUT2D eigenvalue weighted by Crippen LogP contribution is 2.17. The molecule has 1 fully saturated rings. The van der Waals surface area contributed by atoms with Gasteiger partial charge in [0.25, 0.3) is 0 Å². The summed E-state index contributed by atoms with van der Waals surface area (Å²) in [6.07, 6.45) is 24.5. The van der Waals surface area contributed by atoms with Crippen LogP contribution >= 0.6 is 0 Å². The predicted octanol–water partition coefficient (Wildman–Crippen LogP) is 6.71. The maximum atomic E-state index is 12.6. The van der Waals surface area contributed by atoms with Gasteiger partial charge in [0.15, 0.2) is 0 Å². The van der Waals surface area contributed by atoms with Crippen LogP contribution in [-0.4, -0.2) is 74.6 Å². The van der Waals surface area contributed by atoms with Crippen molar-refractivity contribution in [1.82, 2.24) is 15.1 Å². The first kappa shape index (κ1) is 33.9. The number of rotatable bonds is 24. The molecule has 0 aliphatic carbocycles. The molecule has 0 bridgehead atoms. The summed E-state index contributed by atoms with van der Waals surface area (Å²) in [4.78, 5) is 29.1. The maximum absolute atomic E-state index is 12.6. The number of amides is 1. The van der Waals surface area contributed by atoms with Crippen molar-refractivity contribution in [2.24, 2.45) is 0 Å². The van der Waals surface area contributed by atoms with Gasteiger partial charge < -0.3 is 15.0 Å². The quantitative estimate of drug-likeness (QED) is 0.112. The Morgan fingerprint density at radius 1 is 0.811 bits per heavy atom. The zero-order valence-corrected chi connectivity index (χ0v) is 24.9. The van der Waals surface area contributed by atoms with E-state index in [1.807, 2.05) is 14.1 Å². The van der Waals surface area contributed by atoms with Gasteiger partial charge in [-0.3, -0.25) is 14.5 Å². The number of hydrogen-bond donors (Lipinski definition) is 1. The molecule has 1 rings (SSSR count). The van der Waals surface area contributed by atoms with E-state index in [2.05, 4.69) is 22.0 Å². The molecule has 1 saturated heterocycles. The van der Waals surface area contributed by atoms with Gasteiger partial charge in [0.2, 0.25) is 5.91 Å². The Bertz CT molecular complexity index is 556. The number of nitrogens with one attached hydrogen (secondary N) is 1. The van der Waals surface area contributed by atoms with Crippen molar-refractivity contribution in [3.05, 3.63) is 0 Å². The number of piperidine rings is 1. The van der Waals surface area contributed by atoms with E-state index < -0.39 is 0 Å². The number of likely N-dealkylation sites (tertiary alicyclic amines) is 1. The third-order valence-corrected chi connectivity index (χ3v) is 7.62. The number of carbonyl (C=O) groups excluding carboxylic acids is 2. The maximum Gasteiger partial charge on any atom is 0.305 e. The fourth-order valence-electron chi connectivity index (χ4n) is 5.27. The lowest BCUT2D eigenvalue weighted by Gasteiger charge is -2.34. The number of unbranched alkanes of at least 4 members (excludes halogenated alkanes) is 14. The molecule has 1 aliphatic heterocycles. The number of esters is 1. The van der Waals surface area contributed by atoms with Crippen LogP contribution in [0.4, 0.5) is 0 Å². The molecule has 218 valence electrons. The number of carbonyl (C=O) groups is 2. The van der Waals surface area contributed by atoms with E-state index in [1.165, 1.54) is 83.5 Å². The Hall–Kier alpha value is -1.14.